The highest BCUT2D eigenvalue weighted by Crippen LogP contribution is 2.14. The fraction of sp³-hybridized carbons (Fsp3) is 0.200. The molecule has 0 unspecified atom stereocenters. The Kier molecular flexibility index (Phi) is 2.27. The van der Waals surface area contributed by atoms with Crippen LogP contribution in [-0.4, -0.2) is 0 Å². The van der Waals surface area contributed by atoms with Gasteiger partial charge in [0.25, 0.3) is 0 Å². The molecule has 0 N–H and O–H groups in total. The van der Waals surface area contributed by atoms with Gasteiger partial charge in [-0.1, -0.05) is 43.3 Å². The lowest BCUT2D eigenvalue weighted by molar-refractivity contribution is 0.971. The van der Waals surface area contributed by atoms with E-state index in [9.17, 15) is 0 Å². The quantitative estimate of drug-likeness (QED) is 0.543. The third kappa shape index (κ3) is 1.47. The van der Waals surface area contributed by atoms with Crippen molar-refractivity contribution in [1.82, 2.24) is 0 Å². The van der Waals surface area contributed by atoms with Gasteiger partial charge in [-0.3, -0.25) is 0 Å². The molecule has 1 aromatic carbocycles. The van der Waals surface area contributed by atoms with E-state index in [0.717, 1.165) is 0 Å². The maximum absolute atomic E-state index is 3.74. The third-order valence-electron chi connectivity index (χ3n) is 1.68. The summed E-state index contributed by atoms with van der Waals surface area (Å²) >= 11 is 0. The first-order valence-corrected chi connectivity index (χ1v) is 3.52. The van der Waals surface area contributed by atoms with Gasteiger partial charge < -0.3 is 0 Å². The first-order valence-electron chi connectivity index (χ1n) is 3.52. The van der Waals surface area contributed by atoms with E-state index in [0.29, 0.717) is 5.92 Å². The molecule has 0 saturated carbocycles. The average molecular weight is 132 g/mol. The van der Waals surface area contributed by atoms with Crippen molar-refractivity contribution in [1.29, 1.82) is 0 Å². The van der Waals surface area contributed by atoms with E-state index >= 15 is 0 Å². The number of hydrogen-bond donors (Lipinski definition) is 0. The van der Waals surface area contributed by atoms with Gasteiger partial charge in [-0.05, 0) is 11.5 Å². The molecule has 0 nitrogen and oxygen atoms in total. The summed E-state index contributed by atoms with van der Waals surface area (Å²) in [6, 6.07) is 10.4. The van der Waals surface area contributed by atoms with Crippen molar-refractivity contribution >= 4 is 0 Å². The maximum atomic E-state index is 3.74. The molecule has 0 aliphatic carbocycles. The van der Waals surface area contributed by atoms with Gasteiger partial charge in [-0.25, -0.2) is 0 Å². The molecule has 0 aliphatic rings. The maximum Gasteiger partial charge on any atom is -0.00131 e. The van der Waals surface area contributed by atoms with Crippen LogP contribution in [0.3, 0.4) is 0 Å². The third-order valence-corrected chi connectivity index (χ3v) is 1.68. The second-order valence-electron chi connectivity index (χ2n) is 2.44. The van der Waals surface area contributed by atoms with Crippen LogP contribution in [0.15, 0.2) is 43.0 Å². The van der Waals surface area contributed by atoms with E-state index in [4.69, 9.17) is 0 Å². The monoisotopic (exact) mass is 132 g/mol. The Morgan fingerprint density at radius 3 is 2.40 bits per heavy atom. The van der Waals surface area contributed by atoms with Crippen molar-refractivity contribution in [3.05, 3.63) is 48.6 Å². The fourth-order valence-electron chi connectivity index (χ4n) is 0.893. The number of rotatable bonds is 2. The molecule has 10 heavy (non-hydrogen) atoms. The molecule has 0 radical (unpaired) electrons. The Morgan fingerprint density at radius 2 is 1.90 bits per heavy atom. The minimum absolute atomic E-state index is 0.473. The highest BCUT2D eigenvalue weighted by atomic mass is 14.0. The van der Waals surface area contributed by atoms with E-state index in [1.54, 1.807) is 0 Å². The van der Waals surface area contributed by atoms with Crippen molar-refractivity contribution in [2.24, 2.45) is 0 Å². The molecule has 1 aromatic rings. The topological polar surface area (TPSA) is 0 Å². The molecule has 0 aliphatic heterocycles. The molecule has 1 atom stereocenters. The minimum Gasteiger partial charge on any atom is -0.102 e. The summed E-state index contributed by atoms with van der Waals surface area (Å²) in [5.41, 5.74) is 1.33. The minimum atomic E-state index is 0.473. The first kappa shape index (κ1) is 7.07. The Balaban J connectivity index is 2.84. The molecule has 0 spiro atoms. The predicted octanol–water partition coefficient (Wildman–Crippen LogP) is 2.98. The average Bonchev–Trinajstić information content (AvgIpc) is 2.05. The van der Waals surface area contributed by atoms with Crippen LogP contribution >= 0.6 is 0 Å². The van der Waals surface area contributed by atoms with Crippen LogP contribution in [0.5, 0.6) is 0 Å². The first-order chi connectivity index (χ1) is 4.84. The zero-order valence-corrected chi connectivity index (χ0v) is 6.25. The van der Waals surface area contributed by atoms with Crippen LogP contribution in [0.25, 0.3) is 0 Å². The normalized spacial score (nSPS) is 12.5. The molecule has 0 bridgehead atoms. The lowest BCUT2D eigenvalue weighted by Crippen LogP contribution is -1.85. The van der Waals surface area contributed by atoms with Gasteiger partial charge in [0.2, 0.25) is 0 Å². The molecule has 0 fully saturated rings. The van der Waals surface area contributed by atoms with Crippen molar-refractivity contribution < 1.29 is 0 Å². The van der Waals surface area contributed by atoms with Crippen LogP contribution in [0, 0.1) is 0 Å². The summed E-state index contributed by atoms with van der Waals surface area (Å²) in [7, 11) is 0. The second kappa shape index (κ2) is 3.21. The molecule has 0 heteroatoms. The van der Waals surface area contributed by atoms with Crippen LogP contribution < -0.4 is 0 Å². The van der Waals surface area contributed by atoms with Gasteiger partial charge in [0, 0.05) is 0 Å². The molecular formula is C10H12. The van der Waals surface area contributed by atoms with E-state index in [1.165, 1.54) is 5.56 Å². The predicted molar refractivity (Wildman–Crippen MR) is 45.1 cm³/mol. The van der Waals surface area contributed by atoms with Crippen LogP contribution in [0.1, 0.15) is 18.4 Å². The van der Waals surface area contributed by atoms with Gasteiger partial charge in [0.15, 0.2) is 0 Å². The number of benzene rings is 1. The second-order valence-corrected chi connectivity index (χ2v) is 2.44. The van der Waals surface area contributed by atoms with Crippen LogP contribution in [0.4, 0.5) is 0 Å². The van der Waals surface area contributed by atoms with Crippen molar-refractivity contribution in [2.75, 3.05) is 0 Å². The largest absolute Gasteiger partial charge is 0.102 e. The lowest BCUT2D eigenvalue weighted by Gasteiger charge is -2.03. The van der Waals surface area contributed by atoms with E-state index in [1.807, 2.05) is 12.1 Å². The zero-order valence-electron chi connectivity index (χ0n) is 6.25. The Morgan fingerprint density at radius 1 is 1.30 bits per heavy atom. The molecule has 0 heterocycles. The molecule has 52 valence electrons. The fourth-order valence-corrected chi connectivity index (χ4v) is 0.893. The lowest BCUT2D eigenvalue weighted by atomic mass is 10.0. The highest BCUT2D eigenvalue weighted by Gasteiger charge is 1.96. The van der Waals surface area contributed by atoms with E-state index in [2.05, 4.69) is 37.8 Å². The van der Waals surface area contributed by atoms with Gasteiger partial charge in [-0.2, -0.15) is 0 Å². The number of hydrogen-bond acceptors (Lipinski definition) is 0. The van der Waals surface area contributed by atoms with Crippen molar-refractivity contribution in [2.45, 2.75) is 12.8 Å². The summed E-state index contributed by atoms with van der Waals surface area (Å²) < 4.78 is 0. The van der Waals surface area contributed by atoms with Gasteiger partial charge in [0.05, 0.1) is 0 Å². The number of allylic oxidation sites excluding steroid dienone is 1. The highest BCUT2D eigenvalue weighted by molar-refractivity contribution is 5.21. The Labute approximate surface area is 62.2 Å². The van der Waals surface area contributed by atoms with Gasteiger partial charge in [-0.15, -0.1) is 6.58 Å². The molecular weight excluding hydrogens is 120 g/mol. The van der Waals surface area contributed by atoms with Crippen molar-refractivity contribution in [3.63, 3.8) is 0 Å². The molecule has 0 saturated heterocycles. The van der Waals surface area contributed by atoms with Gasteiger partial charge in [0.1, 0.15) is 0 Å². The Hall–Kier alpha value is -1.04. The summed E-state index contributed by atoms with van der Waals surface area (Å²) in [5, 5.41) is 0. The Bertz CT molecular complexity index is 199. The van der Waals surface area contributed by atoms with E-state index in [-0.39, 0.29) is 0 Å². The van der Waals surface area contributed by atoms with Crippen molar-refractivity contribution in [3.8, 4) is 0 Å². The summed E-state index contributed by atoms with van der Waals surface area (Å²) in [6.07, 6.45) is 1.95. The molecule has 0 aromatic heterocycles. The zero-order chi connectivity index (χ0) is 7.40. The summed E-state index contributed by atoms with van der Waals surface area (Å²) in [5.74, 6) is 0.473. The SMILES string of the molecule is C=C[C@H](C)c1ccccc1. The summed E-state index contributed by atoms with van der Waals surface area (Å²) in [4.78, 5) is 0. The molecule has 0 amide bonds. The van der Waals surface area contributed by atoms with E-state index < -0.39 is 0 Å². The standard InChI is InChI=1S/C10H12/c1-3-9(2)10-7-5-4-6-8-10/h3-9H,1H2,2H3/t9-/m0/s1. The molecule has 1 rings (SSSR count). The smallest absolute Gasteiger partial charge is 0.00131 e. The van der Waals surface area contributed by atoms with Gasteiger partial charge >= 0.3 is 0 Å². The van der Waals surface area contributed by atoms with Crippen LogP contribution in [-0.2, 0) is 0 Å². The van der Waals surface area contributed by atoms with Crippen LogP contribution in [0.2, 0.25) is 0 Å². The summed E-state index contributed by atoms with van der Waals surface area (Å²) in [6.45, 7) is 5.88.